The number of hydrogen-bond acceptors (Lipinski definition) is 6. The molecular formula is C16H19N5OS. The lowest BCUT2D eigenvalue weighted by molar-refractivity contribution is 0.120. The molecule has 0 N–H and O–H groups in total. The molecule has 7 heteroatoms. The van der Waals surface area contributed by atoms with Crippen molar-refractivity contribution in [1.82, 2.24) is 24.6 Å². The van der Waals surface area contributed by atoms with Crippen LogP contribution >= 0.6 is 11.3 Å². The highest BCUT2D eigenvalue weighted by Crippen LogP contribution is 2.25. The molecule has 0 amide bonds. The highest BCUT2D eigenvalue weighted by molar-refractivity contribution is 7.13. The first-order chi connectivity index (χ1) is 11.4. The molecule has 1 aliphatic heterocycles. The molecule has 0 spiro atoms. The first-order valence-corrected chi connectivity index (χ1v) is 8.81. The lowest BCUT2D eigenvalue weighted by Crippen LogP contribution is -2.41. The number of piperidine rings is 1. The summed E-state index contributed by atoms with van der Waals surface area (Å²) in [6.45, 7) is 2.81. The van der Waals surface area contributed by atoms with Gasteiger partial charge in [0.1, 0.15) is 18.9 Å². The second kappa shape index (κ2) is 6.64. The van der Waals surface area contributed by atoms with E-state index < -0.39 is 0 Å². The summed E-state index contributed by atoms with van der Waals surface area (Å²) in [6, 6.07) is 4.53. The fraction of sp³-hybridized carbons (Fsp3) is 0.438. The van der Waals surface area contributed by atoms with E-state index in [4.69, 9.17) is 4.42 Å². The minimum Gasteiger partial charge on any atom is -0.444 e. The van der Waals surface area contributed by atoms with Crippen molar-refractivity contribution in [2.24, 2.45) is 0 Å². The minimum atomic E-state index is 0.479. The van der Waals surface area contributed by atoms with E-state index in [-0.39, 0.29) is 0 Å². The van der Waals surface area contributed by atoms with Gasteiger partial charge in [0.2, 0.25) is 5.89 Å². The number of thiophene rings is 1. The number of rotatable bonds is 5. The zero-order valence-corrected chi connectivity index (χ0v) is 13.7. The summed E-state index contributed by atoms with van der Waals surface area (Å²) in [4.78, 5) is 12.2. The maximum Gasteiger partial charge on any atom is 0.236 e. The Morgan fingerprint density at radius 1 is 1.35 bits per heavy atom. The summed E-state index contributed by atoms with van der Waals surface area (Å²) in [5.74, 6) is 0.722. The normalized spacial score (nSPS) is 19.2. The second-order valence-corrected chi connectivity index (χ2v) is 6.81. The average Bonchev–Trinajstić information content (AvgIpc) is 3.31. The molecule has 0 bridgehead atoms. The number of oxazole rings is 1. The third-order valence-corrected chi connectivity index (χ3v) is 5.12. The van der Waals surface area contributed by atoms with Crippen molar-refractivity contribution < 1.29 is 4.42 Å². The first-order valence-electron chi connectivity index (χ1n) is 7.93. The molecule has 1 aliphatic rings. The van der Waals surface area contributed by atoms with Crippen molar-refractivity contribution in [2.45, 2.75) is 38.4 Å². The maximum atomic E-state index is 5.64. The molecule has 6 nitrogen and oxygen atoms in total. The molecule has 120 valence electrons. The van der Waals surface area contributed by atoms with Crippen molar-refractivity contribution in [1.29, 1.82) is 0 Å². The first kappa shape index (κ1) is 14.6. The van der Waals surface area contributed by atoms with Crippen LogP contribution in [0, 0.1) is 0 Å². The minimum absolute atomic E-state index is 0.479. The Labute approximate surface area is 138 Å². The topological polar surface area (TPSA) is 60.0 Å². The summed E-state index contributed by atoms with van der Waals surface area (Å²) in [5.41, 5.74) is 0.999. The van der Waals surface area contributed by atoms with Gasteiger partial charge in [0, 0.05) is 12.6 Å². The highest BCUT2D eigenvalue weighted by Gasteiger charge is 2.24. The van der Waals surface area contributed by atoms with Crippen LogP contribution in [-0.4, -0.2) is 37.2 Å². The van der Waals surface area contributed by atoms with E-state index in [2.05, 4.69) is 20.0 Å². The number of nitrogens with zero attached hydrogens (tertiary/aromatic N) is 5. The Morgan fingerprint density at radius 3 is 3.17 bits per heavy atom. The van der Waals surface area contributed by atoms with Crippen molar-refractivity contribution in [3.63, 3.8) is 0 Å². The van der Waals surface area contributed by atoms with E-state index in [1.165, 1.54) is 19.3 Å². The fourth-order valence-electron chi connectivity index (χ4n) is 3.12. The Hall–Kier alpha value is -1.99. The zero-order chi connectivity index (χ0) is 15.5. The van der Waals surface area contributed by atoms with Gasteiger partial charge in [-0.05, 0) is 30.8 Å². The monoisotopic (exact) mass is 329 g/mol. The van der Waals surface area contributed by atoms with E-state index >= 15 is 0 Å². The van der Waals surface area contributed by atoms with Crippen LogP contribution in [0.3, 0.4) is 0 Å². The van der Waals surface area contributed by atoms with Crippen LogP contribution in [0.15, 0.2) is 40.8 Å². The summed E-state index contributed by atoms with van der Waals surface area (Å²) < 4.78 is 7.56. The van der Waals surface area contributed by atoms with Gasteiger partial charge in [0.05, 0.1) is 17.1 Å². The Bertz CT molecular complexity index is 722. The SMILES string of the molecule is c1csc(-c2nc(CN3CCCC[C@@H]3Cn3cncn3)co2)c1. The second-order valence-electron chi connectivity index (χ2n) is 5.86. The van der Waals surface area contributed by atoms with E-state index in [1.54, 1.807) is 30.3 Å². The number of hydrogen-bond donors (Lipinski definition) is 0. The lowest BCUT2D eigenvalue weighted by atomic mass is 10.0. The van der Waals surface area contributed by atoms with E-state index in [0.29, 0.717) is 6.04 Å². The number of likely N-dealkylation sites (tertiary alicyclic amines) is 1. The summed E-state index contributed by atoms with van der Waals surface area (Å²) in [6.07, 6.45) is 8.88. The molecule has 3 aromatic rings. The van der Waals surface area contributed by atoms with Gasteiger partial charge in [-0.3, -0.25) is 9.58 Å². The molecule has 0 aliphatic carbocycles. The van der Waals surface area contributed by atoms with Gasteiger partial charge < -0.3 is 4.42 Å². The van der Waals surface area contributed by atoms with Crippen LogP contribution in [0.4, 0.5) is 0 Å². The lowest BCUT2D eigenvalue weighted by Gasteiger charge is -2.34. The molecule has 1 fully saturated rings. The van der Waals surface area contributed by atoms with Crippen molar-refractivity contribution in [3.05, 3.63) is 42.1 Å². The van der Waals surface area contributed by atoms with Crippen LogP contribution in [-0.2, 0) is 13.1 Å². The van der Waals surface area contributed by atoms with Crippen LogP contribution in [0.2, 0.25) is 0 Å². The van der Waals surface area contributed by atoms with E-state index in [9.17, 15) is 0 Å². The molecule has 0 unspecified atom stereocenters. The molecule has 23 heavy (non-hydrogen) atoms. The Kier molecular flexibility index (Phi) is 4.21. The molecule has 0 aromatic carbocycles. The van der Waals surface area contributed by atoms with Gasteiger partial charge in [0.25, 0.3) is 0 Å². The average molecular weight is 329 g/mol. The summed E-state index contributed by atoms with van der Waals surface area (Å²) in [5, 5.41) is 6.28. The summed E-state index contributed by atoms with van der Waals surface area (Å²) >= 11 is 1.65. The van der Waals surface area contributed by atoms with Crippen molar-refractivity contribution in [3.8, 4) is 10.8 Å². The van der Waals surface area contributed by atoms with Gasteiger partial charge in [0.15, 0.2) is 0 Å². The Balaban J connectivity index is 1.45. The van der Waals surface area contributed by atoms with Crippen LogP contribution in [0.5, 0.6) is 0 Å². The van der Waals surface area contributed by atoms with Gasteiger partial charge in [-0.1, -0.05) is 12.5 Å². The highest BCUT2D eigenvalue weighted by atomic mass is 32.1. The van der Waals surface area contributed by atoms with E-state index in [1.807, 2.05) is 22.2 Å². The smallest absolute Gasteiger partial charge is 0.236 e. The predicted molar refractivity (Wildman–Crippen MR) is 87.9 cm³/mol. The van der Waals surface area contributed by atoms with Crippen molar-refractivity contribution in [2.75, 3.05) is 6.54 Å². The zero-order valence-electron chi connectivity index (χ0n) is 12.8. The van der Waals surface area contributed by atoms with E-state index in [0.717, 1.165) is 36.1 Å². The molecular weight excluding hydrogens is 310 g/mol. The van der Waals surface area contributed by atoms with Gasteiger partial charge in [-0.2, -0.15) is 5.10 Å². The predicted octanol–water partition coefficient (Wildman–Crippen LogP) is 3.05. The fourth-order valence-corrected chi connectivity index (χ4v) is 3.77. The van der Waals surface area contributed by atoms with Gasteiger partial charge >= 0.3 is 0 Å². The quantitative estimate of drug-likeness (QED) is 0.720. The molecule has 4 heterocycles. The molecule has 3 aromatic heterocycles. The molecule has 0 radical (unpaired) electrons. The third-order valence-electron chi connectivity index (χ3n) is 4.26. The molecule has 4 rings (SSSR count). The molecule has 1 atom stereocenters. The third kappa shape index (κ3) is 3.35. The van der Waals surface area contributed by atoms with Crippen LogP contribution < -0.4 is 0 Å². The van der Waals surface area contributed by atoms with Crippen molar-refractivity contribution >= 4 is 11.3 Å². The molecule has 1 saturated heterocycles. The van der Waals surface area contributed by atoms with Gasteiger partial charge in [-0.15, -0.1) is 11.3 Å². The number of aromatic nitrogens is 4. The largest absolute Gasteiger partial charge is 0.444 e. The maximum absolute atomic E-state index is 5.64. The summed E-state index contributed by atoms with van der Waals surface area (Å²) in [7, 11) is 0. The standard InChI is InChI=1S/C16H19N5OS/c1-2-6-20(14(4-1)9-21-12-17-11-18-21)8-13-10-22-16(19-13)15-5-3-7-23-15/h3,5,7,10-12,14H,1-2,4,6,8-9H2/t14-/m1/s1. The molecule has 0 saturated carbocycles. The van der Waals surface area contributed by atoms with Crippen LogP contribution in [0.1, 0.15) is 25.0 Å². The van der Waals surface area contributed by atoms with Crippen LogP contribution in [0.25, 0.3) is 10.8 Å². The van der Waals surface area contributed by atoms with Gasteiger partial charge in [-0.25, -0.2) is 9.97 Å². The Morgan fingerprint density at radius 2 is 2.35 bits per heavy atom.